The molecule has 0 unspecified atom stereocenters. The highest BCUT2D eigenvalue weighted by Crippen LogP contribution is 2.41. The van der Waals surface area contributed by atoms with Crippen LogP contribution in [0.1, 0.15) is 97.3 Å². The van der Waals surface area contributed by atoms with E-state index in [-0.39, 0.29) is 12.1 Å². The van der Waals surface area contributed by atoms with Crippen LogP contribution < -0.4 is 5.32 Å². The second-order valence-electron chi connectivity index (χ2n) is 9.00. The first kappa shape index (κ1) is 22.5. The zero-order chi connectivity index (χ0) is 19.5. The minimum Gasteiger partial charge on any atom is -0.459 e. The maximum absolute atomic E-state index is 12.2. The molecule has 2 rings (SSSR count). The molecule has 156 valence electrons. The Kier molecular flexibility index (Phi) is 10.5. The molecule has 2 aliphatic carbocycles. The van der Waals surface area contributed by atoms with Crippen LogP contribution in [0.15, 0.2) is 12.2 Å². The summed E-state index contributed by atoms with van der Waals surface area (Å²) >= 11 is 0. The zero-order valence-corrected chi connectivity index (χ0v) is 17.9. The Morgan fingerprint density at radius 3 is 2.15 bits per heavy atom. The van der Waals surface area contributed by atoms with Gasteiger partial charge in [-0.1, -0.05) is 59.0 Å². The summed E-state index contributed by atoms with van der Waals surface area (Å²) in [5, 5.41) is 3.22. The predicted octanol–water partition coefficient (Wildman–Crippen LogP) is 6.03. The fourth-order valence-electron chi connectivity index (χ4n) is 5.03. The van der Waals surface area contributed by atoms with E-state index in [9.17, 15) is 4.79 Å². The van der Waals surface area contributed by atoms with E-state index in [0.29, 0.717) is 12.1 Å². The standard InChI is InChI=1S/C24H43NO2/c1-4-6-7-8-20-9-11-21(12-10-20)22-13-15-23(16-14-22)27-24(26)19(3)18-25-17-5-2/h20-23,25H,3-18H2,1-2H3. The van der Waals surface area contributed by atoms with Gasteiger partial charge in [0.05, 0.1) is 0 Å². The van der Waals surface area contributed by atoms with Crippen LogP contribution in [-0.4, -0.2) is 25.2 Å². The van der Waals surface area contributed by atoms with Crippen molar-refractivity contribution in [3.63, 3.8) is 0 Å². The van der Waals surface area contributed by atoms with Crippen molar-refractivity contribution in [1.82, 2.24) is 5.32 Å². The summed E-state index contributed by atoms with van der Waals surface area (Å²) < 4.78 is 5.71. The molecule has 0 radical (unpaired) electrons. The van der Waals surface area contributed by atoms with Crippen LogP contribution in [0.2, 0.25) is 0 Å². The van der Waals surface area contributed by atoms with Crippen molar-refractivity contribution in [2.75, 3.05) is 13.1 Å². The van der Waals surface area contributed by atoms with Crippen LogP contribution in [0.3, 0.4) is 0 Å². The largest absolute Gasteiger partial charge is 0.459 e. The molecule has 2 fully saturated rings. The van der Waals surface area contributed by atoms with Gasteiger partial charge in [0.25, 0.3) is 0 Å². The molecule has 2 aliphatic rings. The molecule has 0 bridgehead atoms. The van der Waals surface area contributed by atoms with Gasteiger partial charge in [0.15, 0.2) is 0 Å². The van der Waals surface area contributed by atoms with Crippen molar-refractivity contribution in [3.8, 4) is 0 Å². The molecule has 0 spiro atoms. The summed E-state index contributed by atoms with van der Waals surface area (Å²) in [6, 6.07) is 0. The van der Waals surface area contributed by atoms with E-state index in [1.54, 1.807) is 0 Å². The molecular formula is C24H43NO2. The van der Waals surface area contributed by atoms with E-state index in [1.807, 2.05) is 0 Å². The molecule has 0 atom stereocenters. The molecule has 2 saturated carbocycles. The number of hydrogen-bond acceptors (Lipinski definition) is 3. The lowest BCUT2D eigenvalue weighted by Crippen LogP contribution is -2.31. The Labute approximate surface area is 167 Å². The summed E-state index contributed by atoms with van der Waals surface area (Å²) in [5.74, 6) is 2.59. The lowest BCUT2D eigenvalue weighted by Gasteiger charge is -2.37. The van der Waals surface area contributed by atoms with Crippen LogP contribution in [0.4, 0.5) is 0 Å². The van der Waals surface area contributed by atoms with E-state index in [4.69, 9.17) is 4.74 Å². The third-order valence-electron chi connectivity index (χ3n) is 6.82. The number of hydrogen-bond donors (Lipinski definition) is 1. The number of rotatable bonds is 11. The smallest absolute Gasteiger partial charge is 0.334 e. The maximum Gasteiger partial charge on any atom is 0.334 e. The molecule has 0 saturated heterocycles. The monoisotopic (exact) mass is 377 g/mol. The maximum atomic E-state index is 12.2. The molecule has 0 heterocycles. The Morgan fingerprint density at radius 2 is 1.56 bits per heavy atom. The highest BCUT2D eigenvalue weighted by atomic mass is 16.5. The van der Waals surface area contributed by atoms with Gasteiger partial charge in [-0.2, -0.15) is 0 Å². The van der Waals surface area contributed by atoms with Gasteiger partial charge in [0.2, 0.25) is 0 Å². The van der Waals surface area contributed by atoms with Crippen molar-refractivity contribution in [2.45, 2.75) is 103 Å². The molecule has 0 aliphatic heterocycles. The van der Waals surface area contributed by atoms with Crippen LogP contribution in [-0.2, 0) is 9.53 Å². The zero-order valence-electron chi connectivity index (χ0n) is 17.9. The second kappa shape index (κ2) is 12.6. The second-order valence-corrected chi connectivity index (χ2v) is 9.00. The average molecular weight is 378 g/mol. The summed E-state index contributed by atoms with van der Waals surface area (Å²) in [6.07, 6.45) is 17.2. The highest BCUT2D eigenvalue weighted by Gasteiger charge is 2.32. The van der Waals surface area contributed by atoms with E-state index in [2.05, 4.69) is 25.7 Å². The van der Waals surface area contributed by atoms with Gasteiger partial charge < -0.3 is 10.1 Å². The molecule has 0 aromatic heterocycles. The molecule has 0 amide bonds. The quantitative estimate of drug-likeness (QED) is 0.271. The third kappa shape index (κ3) is 7.97. The fraction of sp³-hybridized carbons (Fsp3) is 0.875. The SMILES string of the molecule is C=C(CNCCC)C(=O)OC1CCC(C2CCC(CCCCC)CC2)CC1. The number of carbonyl (C=O) groups is 1. The van der Waals surface area contributed by atoms with Crippen molar-refractivity contribution in [3.05, 3.63) is 12.2 Å². The van der Waals surface area contributed by atoms with Crippen LogP contribution in [0.25, 0.3) is 0 Å². The summed E-state index contributed by atoms with van der Waals surface area (Å²) in [5.41, 5.74) is 0.562. The van der Waals surface area contributed by atoms with Gasteiger partial charge in [0.1, 0.15) is 6.10 Å². The number of unbranched alkanes of at least 4 members (excludes halogenated alkanes) is 2. The van der Waals surface area contributed by atoms with E-state index in [1.165, 1.54) is 64.2 Å². The van der Waals surface area contributed by atoms with Crippen molar-refractivity contribution in [2.24, 2.45) is 17.8 Å². The van der Waals surface area contributed by atoms with E-state index in [0.717, 1.165) is 43.6 Å². The lowest BCUT2D eigenvalue weighted by atomic mass is 9.70. The third-order valence-corrected chi connectivity index (χ3v) is 6.82. The number of esters is 1. The minimum atomic E-state index is -0.199. The Morgan fingerprint density at radius 1 is 0.926 bits per heavy atom. The van der Waals surface area contributed by atoms with Gasteiger partial charge in [-0.05, 0) is 69.2 Å². The number of nitrogens with one attached hydrogen (secondary N) is 1. The molecule has 0 aromatic rings. The topological polar surface area (TPSA) is 38.3 Å². The van der Waals surface area contributed by atoms with Crippen molar-refractivity contribution >= 4 is 5.97 Å². The normalized spacial score (nSPS) is 28.7. The van der Waals surface area contributed by atoms with Gasteiger partial charge in [-0.15, -0.1) is 0 Å². The first-order valence-electron chi connectivity index (χ1n) is 11.7. The van der Waals surface area contributed by atoms with Gasteiger partial charge >= 0.3 is 5.97 Å². The Bertz CT molecular complexity index is 432. The van der Waals surface area contributed by atoms with Crippen LogP contribution in [0, 0.1) is 17.8 Å². The molecule has 1 N–H and O–H groups in total. The predicted molar refractivity (Wildman–Crippen MR) is 114 cm³/mol. The molecule has 3 nitrogen and oxygen atoms in total. The molecular weight excluding hydrogens is 334 g/mol. The average Bonchev–Trinajstić information content (AvgIpc) is 2.69. The van der Waals surface area contributed by atoms with Crippen LogP contribution >= 0.6 is 0 Å². The Balaban J connectivity index is 1.61. The Hall–Kier alpha value is -0.830. The first-order valence-corrected chi connectivity index (χ1v) is 11.7. The van der Waals surface area contributed by atoms with Crippen LogP contribution in [0.5, 0.6) is 0 Å². The molecule has 3 heteroatoms. The van der Waals surface area contributed by atoms with E-state index < -0.39 is 0 Å². The number of ether oxygens (including phenoxy) is 1. The molecule has 27 heavy (non-hydrogen) atoms. The fourth-order valence-corrected chi connectivity index (χ4v) is 5.03. The number of carbonyl (C=O) groups excluding carboxylic acids is 1. The first-order chi connectivity index (χ1) is 13.1. The van der Waals surface area contributed by atoms with E-state index >= 15 is 0 Å². The minimum absolute atomic E-state index is 0.113. The van der Waals surface area contributed by atoms with Crippen molar-refractivity contribution in [1.29, 1.82) is 0 Å². The lowest BCUT2D eigenvalue weighted by molar-refractivity contribution is -0.146. The summed E-state index contributed by atoms with van der Waals surface area (Å²) in [4.78, 5) is 12.2. The summed E-state index contributed by atoms with van der Waals surface area (Å²) in [7, 11) is 0. The summed E-state index contributed by atoms with van der Waals surface area (Å²) in [6.45, 7) is 9.75. The highest BCUT2D eigenvalue weighted by molar-refractivity contribution is 5.88. The van der Waals surface area contributed by atoms with Gasteiger partial charge in [-0.25, -0.2) is 4.79 Å². The van der Waals surface area contributed by atoms with Gasteiger partial charge in [-0.3, -0.25) is 0 Å². The van der Waals surface area contributed by atoms with Gasteiger partial charge in [0, 0.05) is 12.1 Å². The molecule has 0 aromatic carbocycles. The van der Waals surface area contributed by atoms with Crippen molar-refractivity contribution < 1.29 is 9.53 Å².